The summed E-state index contributed by atoms with van der Waals surface area (Å²) in [7, 11) is 0. The highest BCUT2D eigenvalue weighted by atomic mass is 16.2. The van der Waals surface area contributed by atoms with Gasteiger partial charge in [-0.15, -0.1) is 0 Å². The van der Waals surface area contributed by atoms with Gasteiger partial charge in [0.2, 0.25) is 11.8 Å². The Morgan fingerprint density at radius 3 is 2.09 bits per heavy atom. The monoisotopic (exact) mass is 304 g/mol. The van der Waals surface area contributed by atoms with Gasteiger partial charge in [-0.05, 0) is 19.8 Å². The first-order valence-corrected chi connectivity index (χ1v) is 7.60. The number of hydrogen-bond acceptors (Lipinski definition) is 3. The highest BCUT2D eigenvalue weighted by Crippen LogP contribution is 2.07. The smallest absolute Gasteiger partial charge is 0.220 e. The van der Waals surface area contributed by atoms with Crippen molar-refractivity contribution in [1.82, 2.24) is 10.6 Å². The fraction of sp³-hybridized carbons (Fsp3) is 0.471. The van der Waals surface area contributed by atoms with E-state index in [2.05, 4.69) is 10.6 Å². The summed E-state index contributed by atoms with van der Waals surface area (Å²) in [6.07, 6.45) is 2.05. The third-order valence-corrected chi connectivity index (χ3v) is 3.25. The Morgan fingerprint density at radius 1 is 0.909 bits per heavy atom. The summed E-state index contributed by atoms with van der Waals surface area (Å²) in [5.74, 6) is -0.167. The zero-order valence-electron chi connectivity index (χ0n) is 13.3. The molecule has 1 aromatic rings. The Kier molecular flexibility index (Phi) is 7.89. The minimum absolute atomic E-state index is 0.0131. The molecule has 0 aromatic heterocycles. The topological polar surface area (TPSA) is 75.3 Å². The maximum atomic E-state index is 11.9. The van der Waals surface area contributed by atoms with E-state index in [0.29, 0.717) is 18.7 Å². The summed E-state index contributed by atoms with van der Waals surface area (Å²) < 4.78 is 0. The third kappa shape index (κ3) is 7.57. The third-order valence-electron chi connectivity index (χ3n) is 3.25. The van der Waals surface area contributed by atoms with Crippen LogP contribution in [0.15, 0.2) is 24.3 Å². The van der Waals surface area contributed by atoms with Crippen molar-refractivity contribution in [3.63, 3.8) is 0 Å². The van der Waals surface area contributed by atoms with Gasteiger partial charge in [-0.25, -0.2) is 0 Å². The number of amides is 2. The van der Waals surface area contributed by atoms with Crippen LogP contribution in [-0.2, 0) is 9.59 Å². The molecule has 0 aliphatic heterocycles. The maximum Gasteiger partial charge on any atom is 0.220 e. The van der Waals surface area contributed by atoms with E-state index in [1.165, 1.54) is 6.92 Å². The molecule has 0 spiro atoms. The molecule has 120 valence electrons. The molecule has 0 aliphatic carbocycles. The van der Waals surface area contributed by atoms with Gasteiger partial charge in [0.05, 0.1) is 0 Å². The highest BCUT2D eigenvalue weighted by Gasteiger charge is 2.08. The molecule has 0 saturated heterocycles. The van der Waals surface area contributed by atoms with Gasteiger partial charge in [0, 0.05) is 38.4 Å². The van der Waals surface area contributed by atoms with Crippen LogP contribution in [0.25, 0.3) is 0 Å². The van der Waals surface area contributed by atoms with E-state index in [1.807, 2.05) is 19.1 Å². The lowest BCUT2D eigenvalue weighted by molar-refractivity contribution is -0.121. The van der Waals surface area contributed by atoms with Gasteiger partial charge in [-0.3, -0.25) is 14.4 Å². The van der Waals surface area contributed by atoms with Crippen LogP contribution in [0.5, 0.6) is 0 Å². The van der Waals surface area contributed by atoms with Crippen molar-refractivity contribution in [1.29, 1.82) is 0 Å². The van der Waals surface area contributed by atoms with Gasteiger partial charge < -0.3 is 10.6 Å². The van der Waals surface area contributed by atoms with E-state index in [-0.39, 0.29) is 30.4 Å². The predicted molar refractivity (Wildman–Crippen MR) is 85.7 cm³/mol. The van der Waals surface area contributed by atoms with Crippen LogP contribution in [0.4, 0.5) is 0 Å². The minimum atomic E-state index is -0.111. The fourth-order valence-electron chi connectivity index (χ4n) is 1.94. The molecule has 0 unspecified atom stereocenters. The number of unbranched alkanes of at least 4 members (excludes halogenated alkanes) is 1. The lowest BCUT2D eigenvalue weighted by Crippen LogP contribution is -2.26. The van der Waals surface area contributed by atoms with E-state index in [4.69, 9.17) is 0 Å². The molecule has 0 radical (unpaired) electrons. The number of carbonyl (C=O) groups excluding carboxylic acids is 3. The maximum absolute atomic E-state index is 11.9. The first kappa shape index (κ1) is 17.9. The molecule has 5 nitrogen and oxygen atoms in total. The van der Waals surface area contributed by atoms with Crippen molar-refractivity contribution in [3.8, 4) is 0 Å². The average Bonchev–Trinajstić information content (AvgIpc) is 2.48. The molecule has 22 heavy (non-hydrogen) atoms. The summed E-state index contributed by atoms with van der Waals surface area (Å²) in [5, 5.41) is 5.48. The van der Waals surface area contributed by atoms with Crippen LogP contribution in [0.3, 0.4) is 0 Å². The molecule has 0 aliphatic rings. The van der Waals surface area contributed by atoms with E-state index in [0.717, 1.165) is 18.4 Å². The lowest BCUT2D eigenvalue weighted by atomic mass is 10.1. The van der Waals surface area contributed by atoms with Crippen LogP contribution in [-0.4, -0.2) is 30.7 Å². The summed E-state index contributed by atoms with van der Waals surface area (Å²) in [5.41, 5.74) is 1.75. The van der Waals surface area contributed by atoms with E-state index < -0.39 is 0 Å². The van der Waals surface area contributed by atoms with Crippen molar-refractivity contribution < 1.29 is 14.4 Å². The second-order valence-corrected chi connectivity index (χ2v) is 5.33. The molecule has 1 rings (SSSR count). The van der Waals surface area contributed by atoms with Crippen LogP contribution >= 0.6 is 0 Å². The van der Waals surface area contributed by atoms with Crippen LogP contribution in [0.1, 0.15) is 48.5 Å². The molecule has 2 N–H and O–H groups in total. The number of nitrogens with one attached hydrogen (secondary N) is 2. The number of rotatable bonds is 9. The molecule has 0 fully saturated rings. The second kappa shape index (κ2) is 9.71. The Labute approximate surface area is 131 Å². The molecule has 2 amide bonds. The first-order valence-electron chi connectivity index (χ1n) is 7.60. The van der Waals surface area contributed by atoms with Crippen molar-refractivity contribution in [2.45, 2.75) is 39.5 Å². The van der Waals surface area contributed by atoms with Gasteiger partial charge in [0.1, 0.15) is 0 Å². The van der Waals surface area contributed by atoms with Gasteiger partial charge in [-0.1, -0.05) is 29.8 Å². The Balaban J connectivity index is 2.13. The molecule has 0 saturated carbocycles. The summed E-state index contributed by atoms with van der Waals surface area (Å²) >= 11 is 0. The number of benzene rings is 1. The number of hydrogen-bond donors (Lipinski definition) is 2. The fourth-order valence-corrected chi connectivity index (χ4v) is 1.94. The Morgan fingerprint density at radius 2 is 1.50 bits per heavy atom. The Bertz CT molecular complexity index is 509. The lowest BCUT2D eigenvalue weighted by Gasteiger charge is -2.06. The van der Waals surface area contributed by atoms with Crippen molar-refractivity contribution >= 4 is 17.6 Å². The van der Waals surface area contributed by atoms with Gasteiger partial charge in [0.25, 0.3) is 0 Å². The first-order chi connectivity index (χ1) is 10.5. The molecule has 1 aromatic carbocycles. The average molecular weight is 304 g/mol. The van der Waals surface area contributed by atoms with E-state index in [9.17, 15) is 14.4 Å². The summed E-state index contributed by atoms with van der Waals surface area (Å²) in [4.78, 5) is 34.2. The van der Waals surface area contributed by atoms with Crippen LogP contribution in [0, 0.1) is 6.92 Å². The molecule has 0 heterocycles. The van der Waals surface area contributed by atoms with Crippen molar-refractivity contribution in [2.75, 3.05) is 13.1 Å². The van der Waals surface area contributed by atoms with Gasteiger partial charge in [0.15, 0.2) is 5.78 Å². The zero-order chi connectivity index (χ0) is 16.4. The molecule has 0 atom stereocenters. The van der Waals surface area contributed by atoms with Gasteiger partial charge in [-0.2, -0.15) is 0 Å². The van der Waals surface area contributed by atoms with Crippen LogP contribution in [0.2, 0.25) is 0 Å². The van der Waals surface area contributed by atoms with E-state index >= 15 is 0 Å². The zero-order valence-corrected chi connectivity index (χ0v) is 13.3. The van der Waals surface area contributed by atoms with Crippen molar-refractivity contribution in [3.05, 3.63) is 35.4 Å². The van der Waals surface area contributed by atoms with Crippen LogP contribution < -0.4 is 10.6 Å². The predicted octanol–water partition coefficient (Wildman–Crippen LogP) is 1.99. The van der Waals surface area contributed by atoms with Crippen molar-refractivity contribution in [2.24, 2.45) is 0 Å². The summed E-state index contributed by atoms with van der Waals surface area (Å²) in [6, 6.07) is 7.36. The standard InChI is InChI=1S/C17H24N2O3/c1-13-5-7-15(8-6-13)16(21)9-10-17(22)19-12-4-3-11-18-14(2)20/h5-8H,3-4,9-12H2,1-2H3,(H,18,20)(H,19,22). The number of Topliss-reactive ketones (excluding diaryl/α,β-unsaturated/α-hetero) is 1. The molecule has 5 heteroatoms. The Hall–Kier alpha value is -2.17. The summed E-state index contributed by atoms with van der Waals surface area (Å²) in [6.45, 7) is 4.63. The quantitative estimate of drug-likeness (QED) is 0.541. The second-order valence-electron chi connectivity index (χ2n) is 5.33. The van der Waals surface area contributed by atoms with Gasteiger partial charge >= 0.3 is 0 Å². The molecule has 0 bridgehead atoms. The normalized spacial score (nSPS) is 10.1. The molecular formula is C17H24N2O3. The number of carbonyl (C=O) groups is 3. The number of aryl methyl sites for hydroxylation is 1. The molecular weight excluding hydrogens is 280 g/mol. The van der Waals surface area contributed by atoms with E-state index in [1.54, 1.807) is 12.1 Å². The largest absolute Gasteiger partial charge is 0.356 e. The minimum Gasteiger partial charge on any atom is -0.356 e. The number of ketones is 1. The SMILES string of the molecule is CC(=O)NCCCCNC(=O)CCC(=O)c1ccc(C)cc1. The highest BCUT2D eigenvalue weighted by molar-refractivity contribution is 5.97.